The van der Waals surface area contributed by atoms with Crippen molar-refractivity contribution in [2.45, 2.75) is 13.1 Å². The van der Waals surface area contributed by atoms with Crippen molar-refractivity contribution in [3.05, 3.63) is 73.8 Å². The van der Waals surface area contributed by atoms with E-state index in [4.69, 9.17) is 9.15 Å². The van der Waals surface area contributed by atoms with E-state index in [-0.39, 0.29) is 39.5 Å². The summed E-state index contributed by atoms with van der Waals surface area (Å²) in [4.78, 5) is 38.4. The molecule has 0 aliphatic rings. The molecule has 3 heterocycles. The maximum absolute atomic E-state index is 13.3. The summed E-state index contributed by atoms with van der Waals surface area (Å²) in [5.41, 5.74) is -1.90. The van der Waals surface area contributed by atoms with Gasteiger partial charge in [0.2, 0.25) is 0 Å². The Morgan fingerprint density at radius 2 is 1.91 bits per heavy atom. The van der Waals surface area contributed by atoms with Crippen LogP contribution >= 0.6 is 27.3 Å². The molecule has 0 aliphatic carbocycles. The molecule has 176 valence electrons. The number of benzene rings is 1. The summed E-state index contributed by atoms with van der Waals surface area (Å²) in [6, 6.07) is 6.64. The zero-order valence-electron chi connectivity index (χ0n) is 17.1. The first kappa shape index (κ1) is 23.7. The van der Waals surface area contributed by atoms with E-state index in [9.17, 15) is 27.6 Å². The highest BCUT2D eigenvalue weighted by molar-refractivity contribution is 9.10. The minimum atomic E-state index is -4.57. The van der Waals surface area contributed by atoms with E-state index in [1.54, 1.807) is 6.92 Å². The van der Waals surface area contributed by atoms with Crippen molar-refractivity contribution >= 4 is 54.9 Å². The second-order valence-electron chi connectivity index (χ2n) is 6.74. The number of nitrogens with one attached hydrogen (secondary N) is 1. The van der Waals surface area contributed by atoms with Gasteiger partial charge in [-0.1, -0.05) is 0 Å². The molecule has 13 heteroatoms. The van der Waals surface area contributed by atoms with Crippen LogP contribution in [0.15, 0.2) is 55.7 Å². The highest BCUT2D eigenvalue weighted by Gasteiger charge is 2.30. The Balaban J connectivity index is 1.87. The van der Waals surface area contributed by atoms with Gasteiger partial charge in [0, 0.05) is 10.8 Å². The van der Waals surface area contributed by atoms with Crippen LogP contribution in [0.1, 0.15) is 33.5 Å². The van der Waals surface area contributed by atoms with Crippen molar-refractivity contribution < 1.29 is 31.9 Å². The second kappa shape index (κ2) is 9.06. The first-order chi connectivity index (χ1) is 16.1. The molecule has 0 aliphatic heterocycles. The van der Waals surface area contributed by atoms with Crippen LogP contribution in [0.5, 0.6) is 0 Å². The van der Waals surface area contributed by atoms with Crippen molar-refractivity contribution in [2.75, 3.05) is 11.9 Å². The highest BCUT2D eigenvalue weighted by atomic mass is 79.9. The summed E-state index contributed by atoms with van der Waals surface area (Å²) < 4.78 is 50.2. The molecule has 8 nitrogen and oxygen atoms in total. The smallest absolute Gasteiger partial charge is 0.416 e. The molecular formula is C21H13BrF3N3O5S. The van der Waals surface area contributed by atoms with Crippen LogP contribution in [0.4, 0.5) is 18.2 Å². The number of nitrogens with zero attached hydrogens (tertiary/aromatic N) is 2. The summed E-state index contributed by atoms with van der Waals surface area (Å²) >= 11 is 4.07. The number of rotatable bonds is 5. The molecule has 34 heavy (non-hydrogen) atoms. The molecule has 0 saturated carbocycles. The van der Waals surface area contributed by atoms with Gasteiger partial charge in [-0.15, -0.1) is 11.3 Å². The number of fused-ring (bicyclic) bond motifs is 1. The van der Waals surface area contributed by atoms with Gasteiger partial charge in [0.15, 0.2) is 16.1 Å². The van der Waals surface area contributed by atoms with Gasteiger partial charge in [0.1, 0.15) is 5.00 Å². The largest absolute Gasteiger partial charge is 0.461 e. The number of hydrogen-bond acceptors (Lipinski definition) is 7. The Morgan fingerprint density at radius 1 is 1.21 bits per heavy atom. The molecule has 1 N–H and O–H groups in total. The number of aromatic nitrogens is 2. The Hall–Kier alpha value is -3.45. The number of thiophene rings is 1. The molecule has 0 unspecified atom stereocenters. The van der Waals surface area contributed by atoms with Crippen LogP contribution in [-0.4, -0.2) is 28.3 Å². The number of esters is 1. The predicted molar refractivity (Wildman–Crippen MR) is 121 cm³/mol. The van der Waals surface area contributed by atoms with Crippen molar-refractivity contribution in [3.63, 3.8) is 0 Å². The Kier molecular flexibility index (Phi) is 6.32. The fourth-order valence-electron chi connectivity index (χ4n) is 3.06. The van der Waals surface area contributed by atoms with Gasteiger partial charge in [0.05, 0.1) is 23.2 Å². The van der Waals surface area contributed by atoms with E-state index in [0.717, 1.165) is 40.3 Å². The van der Waals surface area contributed by atoms with Crippen molar-refractivity contribution in [2.24, 2.45) is 0 Å². The summed E-state index contributed by atoms with van der Waals surface area (Å²) in [7, 11) is 0. The van der Waals surface area contributed by atoms with Gasteiger partial charge < -0.3 is 14.5 Å². The van der Waals surface area contributed by atoms with Crippen LogP contribution in [0.2, 0.25) is 0 Å². The SMILES string of the molecule is CCOC(=O)c1nn(-c2ccc(C(F)(F)F)cc2)c(=O)c2c(NC(=O)c3ccc(Br)o3)scc12. The highest BCUT2D eigenvalue weighted by Crippen LogP contribution is 2.32. The van der Waals surface area contributed by atoms with Crippen LogP contribution in [0.25, 0.3) is 16.5 Å². The molecule has 0 saturated heterocycles. The van der Waals surface area contributed by atoms with Gasteiger partial charge in [-0.2, -0.15) is 23.0 Å². The average molecular weight is 556 g/mol. The predicted octanol–water partition coefficient (Wildman–Crippen LogP) is 5.25. The minimum absolute atomic E-state index is 0.0103. The van der Waals surface area contributed by atoms with E-state index >= 15 is 0 Å². The van der Waals surface area contributed by atoms with E-state index in [1.165, 1.54) is 17.5 Å². The van der Waals surface area contributed by atoms with Gasteiger partial charge in [-0.3, -0.25) is 9.59 Å². The number of alkyl halides is 3. The molecule has 3 aromatic heterocycles. The fraction of sp³-hybridized carbons (Fsp3) is 0.143. The topological polar surface area (TPSA) is 103 Å². The van der Waals surface area contributed by atoms with Crippen LogP contribution in [0, 0.1) is 0 Å². The number of carbonyl (C=O) groups excluding carboxylic acids is 2. The molecular weight excluding hydrogens is 543 g/mol. The average Bonchev–Trinajstić information content (AvgIpc) is 3.40. The standard InChI is InChI=1S/C21H13BrF3N3O5S/c1-2-32-20(31)16-12-9-34-18(26-17(29)13-7-8-14(22)33-13)15(12)19(30)28(27-16)11-5-3-10(4-6-11)21(23,24)25/h3-9H,2H2,1H3,(H,26,29). The van der Waals surface area contributed by atoms with E-state index in [1.807, 2.05) is 0 Å². The Morgan fingerprint density at radius 3 is 2.50 bits per heavy atom. The minimum Gasteiger partial charge on any atom is -0.461 e. The summed E-state index contributed by atoms with van der Waals surface area (Å²) in [6.07, 6.45) is -4.57. The third kappa shape index (κ3) is 4.48. The van der Waals surface area contributed by atoms with Crippen LogP contribution < -0.4 is 10.9 Å². The number of anilines is 1. The van der Waals surface area contributed by atoms with Crippen LogP contribution in [0.3, 0.4) is 0 Å². The lowest BCUT2D eigenvalue weighted by molar-refractivity contribution is -0.137. The van der Waals surface area contributed by atoms with Crippen molar-refractivity contribution in [1.82, 2.24) is 9.78 Å². The van der Waals surface area contributed by atoms with Crippen molar-refractivity contribution in [3.8, 4) is 5.69 Å². The molecule has 0 fully saturated rings. The van der Waals surface area contributed by atoms with Crippen molar-refractivity contribution in [1.29, 1.82) is 0 Å². The summed E-state index contributed by atoms with van der Waals surface area (Å²) in [6.45, 7) is 1.62. The second-order valence-corrected chi connectivity index (χ2v) is 8.40. The number of amides is 1. The lowest BCUT2D eigenvalue weighted by atomic mass is 10.2. The maximum atomic E-state index is 13.3. The third-order valence-electron chi connectivity index (χ3n) is 4.58. The zero-order chi connectivity index (χ0) is 24.6. The molecule has 4 aromatic rings. The Bertz CT molecular complexity index is 1460. The van der Waals surface area contributed by atoms with Gasteiger partial charge in [-0.25, -0.2) is 4.79 Å². The first-order valence-electron chi connectivity index (χ1n) is 9.56. The van der Waals surface area contributed by atoms with Gasteiger partial charge >= 0.3 is 12.1 Å². The molecule has 4 rings (SSSR count). The van der Waals surface area contributed by atoms with E-state index in [2.05, 4.69) is 26.3 Å². The Labute approximate surface area is 201 Å². The van der Waals surface area contributed by atoms with E-state index < -0.39 is 29.2 Å². The molecule has 0 atom stereocenters. The quantitative estimate of drug-likeness (QED) is 0.337. The molecule has 1 aromatic carbocycles. The molecule has 1 amide bonds. The fourth-order valence-corrected chi connectivity index (χ4v) is 4.30. The number of halogens is 4. The lowest BCUT2D eigenvalue weighted by Gasteiger charge is -2.11. The number of carbonyl (C=O) groups is 2. The third-order valence-corrected chi connectivity index (χ3v) is 5.91. The maximum Gasteiger partial charge on any atom is 0.416 e. The summed E-state index contributed by atoms with van der Waals surface area (Å²) in [5.74, 6) is -1.51. The molecule has 0 spiro atoms. The number of hydrogen-bond donors (Lipinski definition) is 1. The normalized spacial score (nSPS) is 11.6. The monoisotopic (exact) mass is 555 g/mol. The number of furan rings is 1. The van der Waals surface area contributed by atoms with Gasteiger partial charge in [0.25, 0.3) is 11.5 Å². The molecule has 0 radical (unpaired) electrons. The summed E-state index contributed by atoms with van der Waals surface area (Å²) in [5, 5.41) is 8.26. The number of ether oxygens (including phenoxy) is 1. The lowest BCUT2D eigenvalue weighted by Crippen LogP contribution is -2.25. The van der Waals surface area contributed by atoms with Gasteiger partial charge in [-0.05, 0) is 59.3 Å². The zero-order valence-corrected chi connectivity index (χ0v) is 19.5. The van der Waals surface area contributed by atoms with Crippen LogP contribution in [-0.2, 0) is 10.9 Å². The van der Waals surface area contributed by atoms with E-state index in [0.29, 0.717) is 4.67 Å². The first-order valence-corrected chi connectivity index (χ1v) is 11.2. The molecule has 0 bridgehead atoms.